The summed E-state index contributed by atoms with van der Waals surface area (Å²) in [6, 6.07) is 7.16. The number of hydrogen-bond acceptors (Lipinski definition) is 3. The second-order valence-corrected chi connectivity index (χ2v) is 5.32. The van der Waals surface area contributed by atoms with Gasteiger partial charge < -0.3 is 10.4 Å². The van der Waals surface area contributed by atoms with E-state index in [-0.39, 0.29) is 11.5 Å². The van der Waals surface area contributed by atoms with Gasteiger partial charge in [-0.3, -0.25) is 4.79 Å². The van der Waals surface area contributed by atoms with E-state index in [1.165, 1.54) is 11.8 Å². The van der Waals surface area contributed by atoms with Crippen LogP contribution in [0.5, 0.6) is 0 Å². The summed E-state index contributed by atoms with van der Waals surface area (Å²) >= 11 is 1.54. The highest BCUT2D eigenvalue weighted by molar-refractivity contribution is 7.99. The molecule has 0 unspecified atom stereocenters. The van der Waals surface area contributed by atoms with E-state index in [1.54, 1.807) is 24.3 Å². The molecule has 1 aromatic rings. The van der Waals surface area contributed by atoms with E-state index >= 15 is 0 Å². The lowest BCUT2D eigenvalue weighted by atomic mass is 10.1. The minimum atomic E-state index is -0.919. The quantitative estimate of drug-likeness (QED) is 0.824. The molecule has 1 saturated carbocycles. The highest BCUT2D eigenvalue weighted by atomic mass is 32.2. The molecule has 1 amide bonds. The lowest BCUT2D eigenvalue weighted by Gasteiger charge is -2.04. The highest BCUT2D eigenvalue weighted by Crippen LogP contribution is 2.19. The zero-order chi connectivity index (χ0) is 13.0. The molecule has 96 valence electrons. The molecule has 0 aromatic heterocycles. The molecule has 0 atom stereocenters. The van der Waals surface area contributed by atoms with Crippen LogP contribution in [0.25, 0.3) is 0 Å². The minimum Gasteiger partial charge on any atom is -0.478 e. The maximum Gasteiger partial charge on any atom is 0.335 e. The van der Waals surface area contributed by atoms with Gasteiger partial charge >= 0.3 is 5.97 Å². The Kier molecular flexibility index (Phi) is 4.25. The number of hydrogen-bond donors (Lipinski definition) is 2. The monoisotopic (exact) mass is 265 g/mol. The molecule has 1 aliphatic carbocycles. The number of thioether (sulfide) groups is 1. The number of rotatable bonds is 6. The molecule has 0 radical (unpaired) electrons. The molecule has 0 aliphatic heterocycles. The first kappa shape index (κ1) is 13.0. The number of carbonyl (C=O) groups is 2. The number of amides is 1. The van der Waals surface area contributed by atoms with Gasteiger partial charge in [0, 0.05) is 11.8 Å². The molecule has 0 spiro atoms. The van der Waals surface area contributed by atoms with Crippen molar-refractivity contribution in [2.45, 2.75) is 24.6 Å². The van der Waals surface area contributed by atoms with E-state index < -0.39 is 5.97 Å². The van der Waals surface area contributed by atoms with Crippen LogP contribution in [0.15, 0.2) is 24.3 Å². The highest BCUT2D eigenvalue weighted by Gasteiger charge is 2.22. The fourth-order valence-electron chi connectivity index (χ4n) is 1.50. The predicted octanol–water partition coefficient (Wildman–Crippen LogP) is 1.90. The molecule has 5 heteroatoms. The van der Waals surface area contributed by atoms with Crippen LogP contribution in [0.1, 0.15) is 28.8 Å². The fraction of sp³-hybridized carbons (Fsp3) is 0.385. The van der Waals surface area contributed by atoms with Gasteiger partial charge in [0.1, 0.15) is 0 Å². The Hall–Kier alpha value is -1.49. The topological polar surface area (TPSA) is 66.4 Å². The molecule has 1 aliphatic rings. The Morgan fingerprint density at radius 3 is 2.50 bits per heavy atom. The van der Waals surface area contributed by atoms with Crippen LogP contribution in [-0.2, 0) is 10.5 Å². The van der Waals surface area contributed by atoms with Crippen LogP contribution in [0, 0.1) is 0 Å². The maximum absolute atomic E-state index is 11.4. The van der Waals surface area contributed by atoms with Crippen molar-refractivity contribution in [3.05, 3.63) is 35.4 Å². The third-order valence-electron chi connectivity index (χ3n) is 2.65. The lowest BCUT2D eigenvalue weighted by molar-refractivity contribution is -0.118. The summed E-state index contributed by atoms with van der Waals surface area (Å²) < 4.78 is 0. The van der Waals surface area contributed by atoms with Gasteiger partial charge in [-0.15, -0.1) is 11.8 Å². The molecule has 1 fully saturated rings. The average Bonchev–Trinajstić information content (AvgIpc) is 3.13. The molecule has 2 N–H and O–H groups in total. The summed E-state index contributed by atoms with van der Waals surface area (Å²) in [5, 5.41) is 11.7. The van der Waals surface area contributed by atoms with Crippen molar-refractivity contribution in [3.63, 3.8) is 0 Å². The summed E-state index contributed by atoms with van der Waals surface area (Å²) in [7, 11) is 0. The van der Waals surface area contributed by atoms with Crippen LogP contribution >= 0.6 is 11.8 Å². The first-order chi connectivity index (χ1) is 8.65. The van der Waals surface area contributed by atoms with Gasteiger partial charge in [-0.25, -0.2) is 4.79 Å². The third-order valence-corrected chi connectivity index (χ3v) is 3.65. The van der Waals surface area contributed by atoms with Gasteiger partial charge in [-0.05, 0) is 30.5 Å². The van der Waals surface area contributed by atoms with Gasteiger partial charge in [0.25, 0.3) is 0 Å². The largest absolute Gasteiger partial charge is 0.478 e. The second-order valence-electron chi connectivity index (χ2n) is 4.34. The van der Waals surface area contributed by atoms with Gasteiger partial charge in [-0.1, -0.05) is 12.1 Å². The first-order valence-electron chi connectivity index (χ1n) is 5.84. The van der Waals surface area contributed by atoms with E-state index in [0.717, 1.165) is 24.2 Å². The second kappa shape index (κ2) is 5.91. The maximum atomic E-state index is 11.4. The lowest BCUT2D eigenvalue weighted by Crippen LogP contribution is -2.27. The van der Waals surface area contributed by atoms with Crippen molar-refractivity contribution in [3.8, 4) is 0 Å². The Balaban J connectivity index is 1.72. The molecular weight excluding hydrogens is 250 g/mol. The fourth-order valence-corrected chi connectivity index (χ4v) is 2.30. The molecule has 2 rings (SSSR count). The summed E-state index contributed by atoms with van der Waals surface area (Å²) in [6.07, 6.45) is 2.21. The number of carboxylic acids is 1. The van der Waals surface area contributed by atoms with E-state index in [9.17, 15) is 9.59 Å². The number of benzene rings is 1. The minimum absolute atomic E-state index is 0.0876. The molecule has 0 heterocycles. The zero-order valence-corrected chi connectivity index (χ0v) is 10.7. The van der Waals surface area contributed by atoms with Crippen molar-refractivity contribution < 1.29 is 14.7 Å². The number of carbonyl (C=O) groups excluding carboxylic acids is 1. The van der Waals surface area contributed by atoms with Crippen LogP contribution in [0.3, 0.4) is 0 Å². The molecule has 18 heavy (non-hydrogen) atoms. The number of aromatic carboxylic acids is 1. The van der Waals surface area contributed by atoms with Gasteiger partial charge in [0.2, 0.25) is 5.91 Å². The Labute approximate surface area is 110 Å². The Bertz CT molecular complexity index is 440. The molecule has 4 nitrogen and oxygen atoms in total. The van der Waals surface area contributed by atoms with Crippen molar-refractivity contribution in [2.75, 3.05) is 5.75 Å². The number of nitrogens with one attached hydrogen (secondary N) is 1. The van der Waals surface area contributed by atoms with E-state index in [0.29, 0.717) is 11.8 Å². The standard InChI is InChI=1S/C13H15NO3S/c15-12(14-11-5-6-11)8-18-7-9-1-3-10(4-2-9)13(16)17/h1-4,11H,5-8H2,(H,14,15)(H,16,17). The Morgan fingerprint density at radius 1 is 1.28 bits per heavy atom. The van der Waals surface area contributed by atoms with Gasteiger partial charge in [-0.2, -0.15) is 0 Å². The predicted molar refractivity (Wildman–Crippen MR) is 70.7 cm³/mol. The van der Waals surface area contributed by atoms with Gasteiger partial charge in [0.15, 0.2) is 0 Å². The summed E-state index contributed by atoms with van der Waals surface area (Å²) in [6.45, 7) is 0. The normalized spacial score (nSPS) is 14.2. The van der Waals surface area contributed by atoms with Gasteiger partial charge in [0.05, 0.1) is 11.3 Å². The van der Waals surface area contributed by atoms with Crippen LogP contribution in [-0.4, -0.2) is 28.8 Å². The summed E-state index contributed by atoms with van der Waals surface area (Å²) in [5.74, 6) is 0.345. The molecule has 0 bridgehead atoms. The molecule has 1 aromatic carbocycles. The van der Waals surface area contributed by atoms with Crippen LogP contribution < -0.4 is 5.32 Å². The molecule has 0 saturated heterocycles. The average molecular weight is 265 g/mol. The summed E-state index contributed by atoms with van der Waals surface area (Å²) in [4.78, 5) is 22.1. The summed E-state index contributed by atoms with van der Waals surface area (Å²) in [5.41, 5.74) is 1.32. The van der Waals surface area contributed by atoms with Crippen LogP contribution in [0.2, 0.25) is 0 Å². The van der Waals surface area contributed by atoms with E-state index in [1.807, 2.05) is 0 Å². The number of carboxylic acid groups (broad SMARTS) is 1. The van der Waals surface area contributed by atoms with E-state index in [4.69, 9.17) is 5.11 Å². The smallest absolute Gasteiger partial charge is 0.335 e. The first-order valence-corrected chi connectivity index (χ1v) is 7.00. The van der Waals surface area contributed by atoms with E-state index in [2.05, 4.69) is 5.32 Å². The Morgan fingerprint density at radius 2 is 1.94 bits per heavy atom. The SMILES string of the molecule is O=C(CSCc1ccc(C(=O)O)cc1)NC1CC1. The van der Waals surface area contributed by atoms with Crippen molar-refractivity contribution in [1.82, 2.24) is 5.32 Å². The third kappa shape index (κ3) is 4.07. The zero-order valence-electron chi connectivity index (χ0n) is 9.89. The van der Waals surface area contributed by atoms with Crippen LogP contribution in [0.4, 0.5) is 0 Å². The van der Waals surface area contributed by atoms with Crippen molar-refractivity contribution in [2.24, 2.45) is 0 Å². The van der Waals surface area contributed by atoms with Crippen molar-refractivity contribution >= 4 is 23.6 Å². The molecular formula is C13H15NO3S. The van der Waals surface area contributed by atoms with Crippen molar-refractivity contribution in [1.29, 1.82) is 0 Å².